The molecule has 0 spiro atoms. The van der Waals surface area contributed by atoms with E-state index in [1.54, 1.807) is 0 Å². The molecular formula is C18H10BrNS. The molecule has 0 amide bonds. The molecule has 0 atom stereocenters. The third-order valence-electron chi connectivity index (χ3n) is 4.08. The summed E-state index contributed by atoms with van der Waals surface area (Å²) in [5, 5.41) is 5.32. The summed E-state index contributed by atoms with van der Waals surface area (Å²) in [4.78, 5) is 3.54. The van der Waals surface area contributed by atoms with Crippen molar-refractivity contribution in [3.8, 4) is 0 Å². The Morgan fingerprint density at radius 1 is 0.714 bits per heavy atom. The zero-order chi connectivity index (χ0) is 14.0. The van der Waals surface area contributed by atoms with Gasteiger partial charge in [0.2, 0.25) is 0 Å². The van der Waals surface area contributed by atoms with E-state index < -0.39 is 0 Å². The molecule has 0 unspecified atom stereocenters. The van der Waals surface area contributed by atoms with E-state index in [9.17, 15) is 0 Å². The molecule has 3 aromatic carbocycles. The molecule has 0 bridgehead atoms. The van der Waals surface area contributed by atoms with Crippen LogP contribution in [-0.4, -0.2) is 4.98 Å². The fourth-order valence-corrected chi connectivity index (χ4v) is 4.89. The summed E-state index contributed by atoms with van der Waals surface area (Å²) >= 11 is 5.58. The number of H-pyrrole nitrogens is 1. The number of thiophene rings is 1. The number of aromatic nitrogens is 1. The smallest absolute Gasteiger partial charge is 0.0476 e. The van der Waals surface area contributed by atoms with E-state index in [1.165, 1.54) is 42.0 Å². The molecule has 0 aliphatic heterocycles. The van der Waals surface area contributed by atoms with Gasteiger partial charge in [-0.05, 0) is 30.3 Å². The molecule has 5 rings (SSSR count). The number of benzene rings is 3. The van der Waals surface area contributed by atoms with Crippen molar-refractivity contribution in [3.05, 3.63) is 59.1 Å². The van der Waals surface area contributed by atoms with Crippen LogP contribution in [0.4, 0.5) is 0 Å². The molecule has 5 aromatic rings. The van der Waals surface area contributed by atoms with Crippen molar-refractivity contribution in [1.29, 1.82) is 0 Å². The van der Waals surface area contributed by atoms with Crippen molar-refractivity contribution in [2.45, 2.75) is 0 Å². The predicted octanol–water partition coefficient (Wildman–Crippen LogP) is 6.45. The summed E-state index contributed by atoms with van der Waals surface area (Å²) < 4.78 is 3.84. The van der Waals surface area contributed by atoms with Crippen LogP contribution in [0.15, 0.2) is 59.1 Å². The first-order chi connectivity index (χ1) is 10.3. The lowest BCUT2D eigenvalue weighted by Gasteiger charge is -1.98. The summed E-state index contributed by atoms with van der Waals surface area (Å²) in [5.74, 6) is 0. The standard InChI is InChI=1S/C18H10BrNS/c19-11-5-3-6-12-17(11)18-13(20-12)8-9-15-16(18)10-4-1-2-7-14(10)21-15/h1-9,20H. The van der Waals surface area contributed by atoms with Crippen LogP contribution >= 0.6 is 27.3 Å². The molecule has 0 fully saturated rings. The van der Waals surface area contributed by atoms with Crippen molar-refractivity contribution in [1.82, 2.24) is 4.98 Å². The Kier molecular flexibility index (Phi) is 2.29. The summed E-state index contributed by atoms with van der Waals surface area (Å²) in [6, 6.07) is 19.4. The molecule has 0 aliphatic carbocycles. The minimum absolute atomic E-state index is 1.15. The zero-order valence-electron chi connectivity index (χ0n) is 11.0. The average molecular weight is 352 g/mol. The van der Waals surface area contributed by atoms with Crippen LogP contribution in [0.25, 0.3) is 42.0 Å². The van der Waals surface area contributed by atoms with Crippen LogP contribution in [0.3, 0.4) is 0 Å². The lowest BCUT2D eigenvalue weighted by atomic mass is 10.1. The average Bonchev–Trinajstić information content (AvgIpc) is 3.04. The van der Waals surface area contributed by atoms with Gasteiger partial charge in [0.25, 0.3) is 0 Å². The van der Waals surface area contributed by atoms with E-state index in [0.29, 0.717) is 0 Å². The summed E-state index contributed by atoms with van der Waals surface area (Å²) in [5.41, 5.74) is 2.38. The predicted molar refractivity (Wildman–Crippen MR) is 96.4 cm³/mol. The Hall–Kier alpha value is -1.84. The van der Waals surface area contributed by atoms with E-state index in [0.717, 1.165) is 4.47 Å². The zero-order valence-corrected chi connectivity index (χ0v) is 13.4. The molecule has 0 radical (unpaired) electrons. The Balaban J connectivity index is 2.19. The third kappa shape index (κ3) is 1.50. The highest BCUT2D eigenvalue weighted by Gasteiger charge is 2.14. The van der Waals surface area contributed by atoms with Crippen molar-refractivity contribution in [2.75, 3.05) is 0 Å². The second-order valence-electron chi connectivity index (χ2n) is 5.25. The molecule has 100 valence electrons. The topological polar surface area (TPSA) is 15.8 Å². The second-order valence-corrected chi connectivity index (χ2v) is 7.18. The highest BCUT2D eigenvalue weighted by atomic mass is 79.9. The highest BCUT2D eigenvalue weighted by Crippen LogP contribution is 2.42. The number of hydrogen-bond donors (Lipinski definition) is 1. The van der Waals surface area contributed by atoms with Gasteiger partial charge in [0.05, 0.1) is 0 Å². The quantitative estimate of drug-likeness (QED) is 0.330. The van der Waals surface area contributed by atoms with Gasteiger partial charge in [-0.25, -0.2) is 0 Å². The Bertz CT molecular complexity index is 1150. The first kappa shape index (κ1) is 11.8. The van der Waals surface area contributed by atoms with Crippen LogP contribution in [0.2, 0.25) is 0 Å². The molecule has 2 aromatic heterocycles. The van der Waals surface area contributed by atoms with E-state index in [2.05, 4.69) is 75.5 Å². The summed E-state index contributed by atoms with van der Waals surface area (Å²) in [7, 11) is 0. The maximum absolute atomic E-state index is 3.72. The van der Waals surface area contributed by atoms with Crippen LogP contribution < -0.4 is 0 Å². The van der Waals surface area contributed by atoms with Gasteiger partial charge in [-0.15, -0.1) is 11.3 Å². The van der Waals surface area contributed by atoms with Crippen molar-refractivity contribution in [3.63, 3.8) is 0 Å². The number of fused-ring (bicyclic) bond motifs is 7. The normalized spacial score (nSPS) is 12.0. The Morgan fingerprint density at radius 3 is 2.52 bits per heavy atom. The van der Waals surface area contributed by atoms with Crippen LogP contribution in [0, 0.1) is 0 Å². The van der Waals surface area contributed by atoms with Crippen LogP contribution in [-0.2, 0) is 0 Å². The Labute approximate surface area is 133 Å². The first-order valence-electron chi connectivity index (χ1n) is 6.83. The molecule has 3 heteroatoms. The molecule has 21 heavy (non-hydrogen) atoms. The minimum atomic E-state index is 1.15. The van der Waals surface area contributed by atoms with E-state index in [-0.39, 0.29) is 0 Å². The molecule has 1 N–H and O–H groups in total. The lowest BCUT2D eigenvalue weighted by Crippen LogP contribution is -1.72. The summed E-state index contributed by atoms with van der Waals surface area (Å²) in [6.45, 7) is 0. The molecule has 0 aliphatic rings. The van der Waals surface area contributed by atoms with Crippen molar-refractivity contribution < 1.29 is 0 Å². The molecule has 1 nitrogen and oxygen atoms in total. The van der Waals surface area contributed by atoms with Crippen LogP contribution in [0.5, 0.6) is 0 Å². The number of halogens is 1. The van der Waals surface area contributed by atoms with Gasteiger partial charge in [0, 0.05) is 46.5 Å². The summed E-state index contributed by atoms with van der Waals surface area (Å²) in [6.07, 6.45) is 0. The van der Waals surface area contributed by atoms with Gasteiger partial charge in [0.1, 0.15) is 0 Å². The second kappa shape index (κ2) is 4.09. The maximum atomic E-state index is 3.72. The van der Waals surface area contributed by atoms with Crippen LogP contribution in [0.1, 0.15) is 0 Å². The van der Waals surface area contributed by atoms with Gasteiger partial charge in [-0.2, -0.15) is 0 Å². The fraction of sp³-hybridized carbons (Fsp3) is 0. The number of nitrogens with one attached hydrogen (secondary N) is 1. The number of hydrogen-bond acceptors (Lipinski definition) is 1. The number of rotatable bonds is 0. The SMILES string of the molecule is Brc1cccc2[nH]c3ccc4sc5ccccc5c4c3c12. The van der Waals surface area contributed by atoms with Gasteiger partial charge in [-0.1, -0.05) is 40.2 Å². The lowest BCUT2D eigenvalue weighted by molar-refractivity contribution is 1.55. The van der Waals surface area contributed by atoms with Crippen molar-refractivity contribution in [2.24, 2.45) is 0 Å². The fourth-order valence-electron chi connectivity index (χ4n) is 3.21. The monoisotopic (exact) mass is 351 g/mol. The third-order valence-corrected chi connectivity index (χ3v) is 5.87. The van der Waals surface area contributed by atoms with E-state index in [1.807, 2.05) is 11.3 Å². The van der Waals surface area contributed by atoms with Crippen molar-refractivity contribution >= 4 is 69.2 Å². The van der Waals surface area contributed by atoms with Gasteiger partial charge in [0.15, 0.2) is 0 Å². The maximum Gasteiger partial charge on any atom is 0.0476 e. The van der Waals surface area contributed by atoms with Gasteiger partial charge in [-0.3, -0.25) is 0 Å². The molecular weight excluding hydrogens is 342 g/mol. The Morgan fingerprint density at radius 2 is 1.57 bits per heavy atom. The highest BCUT2D eigenvalue weighted by molar-refractivity contribution is 9.10. The first-order valence-corrected chi connectivity index (χ1v) is 8.44. The molecule has 0 saturated carbocycles. The largest absolute Gasteiger partial charge is 0.354 e. The van der Waals surface area contributed by atoms with E-state index in [4.69, 9.17) is 0 Å². The van der Waals surface area contributed by atoms with Gasteiger partial charge < -0.3 is 4.98 Å². The van der Waals surface area contributed by atoms with E-state index >= 15 is 0 Å². The minimum Gasteiger partial charge on any atom is -0.354 e. The molecule has 0 saturated heterocycles. The molecule has 2 heterocycles. The van der Waals surface area contributed by atoms with Gasteiger partial charge >= 0.3 is 0 Å². The number of aromatic amines is 1.